The predicted molar refractivity (Wildman–Crippen MR) is 92.5 cm³/mol. The molecule has 0 spiro atoms. The molecule has 0 aliphatic heterocycles. The van der Waals surface area contributed by atoms with E-state index in [-0.39, 0.29) is 5.91 Å². The van der Waals surface area contributed by atoms with Crippen molar-refractivity contribution in [3.63, 3.8) is 0 Å². The zero-order valence-corrected chi connectivity index (χ0v) is 15.0. The second-order valence-electron chi connectivity index (χ2n) is 6.51. The summed E-state index contributed by atoms with van der Waals surface area (Å²) in [7, 11) is 1.65. The lowest BCUT2D eigenvalue weighted by Crippen LogP contribution is -2.33. The monoisotopic (exact) mass is 336 g/mol. The molecule has 0 saturated heterocycles. The van der Waals surface area contributed by atoms with Crippen molar-refractivity contribution >= 4 is 12.0 Å². The highest BCUT2D eigenvalue weighted by Crippen LogP contribution is 2.10. The number of benzene rings is 1. The lowest BCUT2D eigenvalue weighted by molar-refractivity contribution is -0.121. The largest absolute Gasteiger partial charge is 0.444 e. The number of carbonyl (C=O) groups excluding carboxylic acids is 2. The molecule has 0 unspecified atom stereocenters. The highest BCUT2D eigenvalue weighted by atomic mass is 16.6. The van der Waals surface area contributed by atoms with E-state index >= 15 is 0 Å². The quantitative estimate of drug-likeness (QED) is 0.716. The van der Waals surface area contributed by atoms with Crippen LogP contribution < -0.4 is 10.6 Å². The minimum atomic E-state index is -0.517. The van der Waals surface area contributed by atoms with Crippen molar-refractivity contribution in [3.8, 4) is 0 Å². The molecule has 0 radical (unpaired) electrons. The predicted octanol–water partition coefficient (Wildman–Crippen LogP) is 2.75. The van der Waals surface area contributed by atoms with Gasteiger partial charge in [0.05, 0.1) is 6.61 Å². The van der Waals surface area contributed by atoms with Crippen molar-refractivity contribution in [1.29, 1.82) is 0 Å². The van der Waals surface area contributed by atoms with Crippen molar-refractivity contribution < 1.29 is 19.1 Å². The minimum Gasteiger partial charge on any atom is -0.444 e. The summed E-state index contributed by atoms with van der Waals surface area (Å²) < 4.78 is 10.3. The van der Waals surface area contributed by atoms with Gasteiger partial charge in [-0.1, -0.05) is 24.3 Å². The van der Waals surface area contributed by atoms with Crippen molar-refractivity contribution in [2.75, 3.05) is 13.7 Å². The van der Waals surface area contributed by atoms with Gasteiger partial charge in [0.1, 0.15) is 5.60 Å². The maximum atomic E-state index is 11.9. The molecule has 1 rings (SSSR count). The number of rotatable bonds is 8. The summed E-state index contributed by atoms with van der Waals surface area (Å²) in [5, 5.41) is 5.52. The summed E-state index contributed by atoms with van der Waals surface area (Å²) in [6.07, 6.45) is 0.448. The molecule has 6 heteroatoms. The molecule has 0 bridgehead atoms. The van der Waals surface area contributed by atoms with Gasteiger partial charge in [0.25, 0.3) is 0 Å². The summed E-state index contributed by atoms with van der Waals surface area (Å²) in [6.45, 7) is 6.82. The van der Waals surface area contributed by atoms with Gasteiger partial charge in [0.2, 0.25) is 5.91 Å². The Bertz CT molecular complexity index is 538. The maximum absolute atomic E-state index is 11.9. The van der Waals surface area contributed by atoms with Crippen LogP contribution in [-0.4, -0.2) is 31.3 Å². The lowest BCUT2D eigenvalue weighted by Gasteiger charge is -2.19. The summed E-state index contributed by atoms with van der Waals surface area (Å²) in [5.74, 6) is -0.0480. The van der Waals surface area contributed by atoms with E-state index in [4.69, 9.17) is 9.47 Å². The summed E-state index contributed by atoms with van der Waals surface area (Å²) in [6, 6.07) is 7.84. The van der Waals surface area contributed by atoms with E-state index in [1.165, 1.54) is 0 Å². The van der Waals surface area contributed by atoms with E-state index in [2.05, 4.69) is 10.6 Å². The molecular weight excluding hydrogens is 308 g/mol. The Kier molecular flexibility index (Phi) is 8.26. The molecule has 0 saturated carbocycles. The van der Waals surface area contributed by atoms with Crippen LogP contribution in [-0.2, 0) is 27.4 Å². The van der Waals surface area contributed by atoms with Crippen molar-refractivity contribution in [2.45, 2.75) is 52.4 Å². The van der Waals surface area contributed by atoms with Crippen LogP contribution in [0.25, 0.3) is 0 Å². The smallest absolute Gasteiger partial charge is 0.407 e. The number of carbonyl (C=O) groups is 2. The number of amides is 2. The molecule has 24 heavy (non-hydrogen) atoms. The van der Waals surface area contributed by atoms with Gasteiger partial charge in [-0.15, -0.1) is 0 Å². The fraction of sp³-hybridized carbons (Fsp3) is 0.556. The van der Waals surface area contributed by atoms with Gasteiger partial charge in [-0.05, 0) is 38.3 Å². The first kappa shape index (κ1) is 20.0. The van der Waals surface area contributed by atoms with E-state index in [0.29, 0.717) is 32.5 Å². The molecule has 0 aliphatic carbocycles. The molecule has 0 atom stereocenters. The average molecular weight is 336 g/mol. The zero-order valence-electron chi connectivity index (χ0n) is 15.0. The fourth-order valence-electron chi connectivity index (χ4n) is 2.06. The number of ether oxygens (including phenoxy) is 2. The highest BCUT2D eigenvalue weighted by molar-refractivity contribution is 5.76. The van der Waals surface area contributed by atoms with Gasteiger partial charge in [-0.2, -0.15) is 0 Å². The van der Waals surface area contributed by atoms with E-state index in [0.717, 1.165) is 11.1 Å². The molecule has 2 N–H and O–H groups in total. The molecule has 2 amide bonds. The first-order chi connectivity index (χ1) is 11.3. The standard InChI is InChI=1S/C18H28N2O4/c1-18(2,3)24-17(22)19-11-7-10-16(21)20-12-14-8-5-6-9-15(14)13-23-4/h5-6,8-9H,7,10-13H2,1-4H3,(H,19,22)(H,20,21). The van der Waals surface area contributed by atoms with Gasteiger partial charge >= 0.3 is 6.09 Å². The minimum absolute atomic E-state index is 0.0480. The lowest BCUT2D eigenvalue weighted by atomic mass is 10.1. The molecular formula is C18H28N2O4. The number of hydrogen-bond donors (Lipinski definition) is 2. The number of methoxy groups -OCH3 is 1. The molecule has 6 nitrogen and oxygen atoms in total. The second kappa shape index (κ2) is 9.93. The Morgan fingerprint density at radius 2 is 1.75 bits per heavy atom. The molecule has 0 fully saturated rings. The van der Waals surface area contributed by atoms with Gasteiger partial charge in [0.15, 0.2) is 0 Å². The zero-order chi connectivity index (χ0) is 18.0. The molecule has 0 aromatic heterocycles. The Balaban J connectivity index is 2.24. The van der Waals surface area contributed by atoms with Crippen molar-refractivity contribution in [3.05, 3.63) is 35.4 Å². The van der Waals surface area contributed by atoms with Crippen LogP contribution in [0.3, 0.4) is 0 Å². The topological polar surface area (TPSA) is 76.7 Å². The van der Waals surface area contributed by atoms with Gasteiger partial charge in [-0.25, -0.2) is 4.79 Å². The number of alkyl carbamates (subject to hydrolysis) is 1. The number of nitrogens with one attached hydrogen (secondary N) is 2. The highest BCUT2D eigenvalue weighted by Gasteiger charge is 2.15. The number of hydrogen-bond acceptors (Lipinski definition) is 4. The van der Waals surface area contributed by atoms with Crippen LogP contribution in [0.4, 0.5) is 4.79 Å². The molecule has 134 valence electrons. The van der Waals surface area contributed by atoms with Gasteiger partial charge in [-0.3, -0.25) is 4.79 Å². The van der Waals surface area contributed by atoms with Crippen molar-refractivity contribution in [1.82, 2.24) is 10.6 Å². The SMILES string of the molecule is COCc1ccccc1CNC(=O)CCCNC(=O)OC(C)(C)C. The molecule has 0 heterocycles. The van der Waals surface area contributed by atoms with E-state index < -0.39 is 11.7 Å². The van der Waals surface area contributed by atoms with Crippen LogP contribution >= 0.6 is 0 Å². The second-order valence-corrected chi connectivity index (χ2v) is 6.51. The Morgan fingerprint density at radius 1 is 1.08 bits per heavy atom. The molecule has 0 aliphatic rings. The fourth-order valence-corrected chi connectivity index (χ4v) is 2.06. The summed E-state index contributed by atoms with van der Waals surface area (Å²) in [4.78, 5) is 23.3. The average Bonchev–Trinajstić information content (AvgIpc) is 2.49. The van der Waals surface area contributed by atoms with Crippen LogP contribution in [0.2, 0.25) is 0 Å². The first-order valence-electron chi connectivity index (χ1n) is 8.11. The summed E-state index contributed by atoms with van der Waals surface area (Å²) in [5.41, 5.74) is 1.59. The Hall–Kier alpha value is -2.08. The third-order valence-electron chi connectivity index (χ3n) is 3.14. The van der Waals surface area contributed by atoms with Gasteiger partial charge < -0.3 is 20.1 Å². The van der Waals surface area contributed by atoms with Crippen LogP contribution in [0, 0.1) is 0 Å². The van der Waals surface area contributed by atoms with Crippen LogP contribution in [0.5, 0.6) is 0 Å². The van der Waals surface area contributed by atoms with Crippen LogP contribution in [0.15, 0.2) is 24.3 Å². The van der Waals surface area contributed by atoms with Crippen molar-refractivity contribution in [2.24, 2.45) is 0 Å². The Labute approximate surface area is 143 Å². The van der Waals surface area contributed by atoms with E-state index in [1.807, 2.05) is 24.3 Å². The first-order valence-corrected chi connectivity index (χ1v) is 8.11. The summed E-state index contributed by atoms with van der Waals surface area (Å²) >= 11 is 0. The van der Waals surface area contributed by atoms with Gasteiger partial charge in [0, 0.05) is 26.6 Å². The Morgan fingerprint density at radius 3 is 2.38 bits per heavy atom. The van der Waals surface area contributed by atoms with Crippen LogP contribution in [0.1, 0.15) is 44.7 Å². The molecule has 1 aromatic carbocycles. The molecule has 1 aromatic rings. The third kappa shape index (κ3) is 8.53. The normalized spacial score (nSPS) is 11.0. The van der Waals surface area contributed by atoms with E-state index in [1.54, 1.807) is 27.9 Å². The maximum Gasteiger partial charge on any atom is 0.407 e. The van der Waals surface area contributed by atoms with E-state index in [9.17, 15) is 9.59 Å². The third-order valence-corrected chi connectivity index (χ3v) is 3.14.